The zero-order valence-corrected chi connectivity index (χ0v) is 16.2. The molecule has 0 aliphatic carbocycles. The smallest absolute Gasteiger partial charge is 0.226 e. The van der Waals surface area contributed by atoms with E-state index in [1.807, 2.05) is 17.0 Å². The molecular weight excluding hydrogens is 399 g/mol. The Balaban J connectivity index is 1.64. The topological polar surface area (TPSA) is 81.3 Å². The minimum Gasteiger partial charge on any atom is -0.454 e. The quantitative estimate of drug-likeness (QED) is 0.501. The van der Waals surface area contributed by atoms with Crippen molar-refractivity contribution in [3.8, 4) is 11.5 Å². The zero-order valence-electron chi connectivity index (χ0n) is 14.7. The van der Waals surface area contributed by atoms with E-state index in [0.29, 0.717) is 39.7 Å². The summed E-state index contributed by atoms with van der Waals surface area (Å²) in [6.07, 6.45) is 4.95. The molecule has 0 radical (unpaired) electrons. The van der Waals surface area contributed by atoms with Crippen molar-refractivity contribution in [1.29, 1.82) is 0 Å². The summed E-state index contributed by atoms with van der Waals surface area (Å²) in [4.78, 5) is 22.3. The Hall–Kier alpha value is -2.83. The minimum absolute atomic E-state index is 0.334. The third kappa shape index (κ3) is 3.48. The van der Waals surface area contributed by atoms with Crippen molar-refractivity contribution in [3.05, 3.63) is 70.0 Å². The lowest BCUT2D eigenvalue weighted by molar-refractivity contribution is -0.109. The van der Waals surface area contributed by atoms with E-state index in [1.54, 1.807) is 36.7 Å². The van der Waals surface area contributed by atoms with Crippen LogP contribution in [0.25, 0.3) is 0 Å². The van der Waals surface area contributed by atoms with Crippen molar-refractivity contribution in [2.24, 2.45) is 0 Å². The van der Waals surface area contributed by atoms with Gasteiger partial charge in [0.2, 0.25) is 5.95 Å². The first kappa shape index (κ1) is 18.5. The van der Waals surface area contributed by atoms with Gasteiger partial charge in [0.25, 0.3) is 0 Å². The van der Waals surface area contributed by atoms with E-state index in [1.165, 1.54) is 0 Å². The molecule has 0 bridgehead atoms. The van der Waals surface area contributed by atoms with E-state index in [-0.39, 0.29) is 0 Å². The lowest BCUT2D eigenvalue weighted by atomic mass is 9.93. The van der Waals surface area contributed by atoms with E-state index >= 15 is 0 Å². The Morgan fingerprint density at radius 2 is 1.86 bits per heavy atom. The molecule has 1 aromatic heterocycles. The Labute approximate surface area is 171 Å². The summed E-state index contributed by atoms with van der Waals surface area (Å²) in [6, 6.07) is 10.0. The summed E-state index contributed by atoms with van der Waals surface area (Å²) in [5, 5.41) is 0.668. The number of anilines is 2. The standard InChI is InChI=1S/C20H16Cl2N4O2/c21-16-9-13(23)10-17(22)19(16)28-14-2-3-15-12(8-14)4-7-26(18(15)11-27)20-24-5-1-6-25-20/h1-3,5-6,8-11,18H,4,7,23H2. The maximum atomic E-state index is 11.8. The van der Waals surface area contributed by atoms with Gasteiger partial charge >= 0.3 is 0 Å². The summed E-state index contributed by atoms with van der Waals surface area (Å²) in [5.41, 5.74) is 8.11. The van der Waals surface area contributed by atoms with Crippen LogP contribution in [0.3, 0.4) is 0 Å². The number of hydrogen-bond donors (Lipinski definition) is 1. The van der Waals surface area contributed by atoms with Crippen LogP contribution in [0.15, 0.2) is 48.8 Å². The second kappa shape index (κ2) is 7.66. The first-order valence-electron chi connectivity index (χ1n) is 8.61. The van der Waals surface area contributed by atoms with Crippen molar-refractivity contribution >= 4 is 41.1 Å². The monoisotopic (exact) mass is 414 g/mol. The number of carbonyl (C=O) groups is 1. The Morgan fingerprint density at radius 1 is 1.14 bits per heavy atom. The first-order valence-corrected chi connectivity index (χ1v) is 9.36. The van der Waals surface area contributed by atoms with E-state index in [0.717, 1.165) is 23.8 Å². The fraction of sp³-hybridized carbons (Fsp3) is 0.150. The van der Waals surface area contributed by atoms with Gasteiger partial charge in [-0.25, -0.2) is 9.97 Å². The summed E-state index contributed by atoms with van der Waals surface area (Å²) >= 11 is 12.4. The van der Waals surface area contributed by atoms with Crippen LogP contribution in [-0.2, 0) is 11.2 Å². The summed E-state index contributed by atoms with van der Waals surface area (Å²) in [5.74, 6) is 1.46. The Bertz CT molecular complexity index is 1010. The normalized spacial score (nSPS) is 15.8. The average molecular weight is 415 g/mol. The predicted molar refractivity (Wildman–Crippen MR) is 109 cm³/mol. The second-order valence-corrected chi connectivity index (χ2v) is 7.16. The number of fused-ring (bicyclic) bond motifs is 1. The number of aromatic nitrogens is 2. The number of rotatable bonds is 4. The number of carbonyl (C=O) groups excluding carboxylic acids is 1. The molecule has 2 heterocycles. The van der Waals surface area contributed by atoms with Crippen molar-refractivity contribution < 1.29 is 9.53 Å². The van der Waals surface area contributed by atoms with Crippen LogP contribution < -0.4 is 15.4 Å². The van der Waals surface area contributed by atoms with Gasteiger partial charge in [-0.15, -0.1) is 0 Å². The molecule has 0 fully saturated rings. The Morgan fingerprint density at radius 3 is 2.54 bits per heavy atom. The molecule has 8 heteroatoms. The highest BCUT2D eigenvalue weighted by Crippen LogP contribution is 2.39. The lowest BCUT2D eigenvalue weighted by Gasteiger charge is -2.34. The fourth-order valence-corrected chi connectivity index (χ4v) is 3.89. The van der Waals surface area contributed by atoms with Crippen molar-refractivity contribution in [1.82, 2.24) is 9.97 Å². The number of nitrogens with two attached hydrogens (primary N) is 1. The first-order chi connectivity index (χ1) is 13.6. The highest BCUT2D eigenvalue weighted by atomic mass is 35.5. The molecule has 0 amide bonds. The van der Waals surface area contributed by atoms with E-state index < -0.39 is 6.04 Å². The molecule has 28 heavy (non-hydrogen) atoms. The van der Waals surface area contributed by atoms with Gasteiger partial charge in [-0.1, -0.05) is 29.3 Å². The van der Waals surface area contributed by atoms with Crippen molar-refractivity contribution in [2.45, 2.75) is 12.5 Å². The molecule has 142 valence electrons. The molecular formula is C20H16Cl2N4O2. The van der Waals surface area contributed by atoms with E-state index in [2.05, 4.69) is 9.97 Å². The van der Waals surface area contributed by atoms with Gasteiger partial charge < -0.3 is 20.2 Å². The van der Waals surface area contributed by atoms with Gasteiger partial charge in [0.05, 0.1) is 10.0 Å². The van der Waals surface area contributed by atoms with Crippen molar-refractivity contribution in [3.63, 3.8) is 0 Å². The fourth-order valence-electron chi connectivity index (χ4n) is 3.30. The molecule has 0 spiro atoms. The van der Waals surface area contributed by atoms with Gasteiger partial charge in [0, 0.05) is 24.6 Å². The predicted octanol–water partition coefficient (Wildman–Crippen LogP) is 4.46. The van der Waals surface area contributed by atoms with Crippen LogP contribution in [0.1, 0.15) is 17.2 Å². The van der Waals surface area contributed by atoms with Crippen LogP contribution in [0.4, 0.5) is 11.6 Å². The Kier molecular flexibility index (Phi) is 5.07. The van der Waals surface area contributed by atoms with Crippen LogP contribution in [0, 0.1) is 0 Å². The molecule has 1 aliphatic rings. The summed E-state index contributed by atoms with van der Waals surface area (Å²) in [6.45, 7) is 0.618. The van der Waals surface area contributed by atoms with Gasteiger partial charge in [0.1, 0.15) is 18.1 Å². The minimum atomic E-state index is -0.455. The van der Waals surface area contributed by atoms with Crippen LogP contribution in [-0.4, -0.2) is 22.8 Å². The number of ether oxygens (including phenoxy) is 1. The molecule has 1 unspecified atom stereocenters. The number of hydrogen-bond acceptors (Lipinski definition) is 6. The van der Waals surface area contributed by atoms with Crippen LogP contribution in [0.5, 0.6) is 11.5 Å². The molecule has 1 atom stereocenters. The van der Waals surface area contributed by atoms with Gasteiger partial charge in [0.15, 0.2) is 5.75 Å². The number of benzene rings is 2. The van der Waals surface area contributed by atoms with Crippen LogP contribution in [0.2, 0.25) is 10.0 Å². The molecule has 1 aliphatic heterocycles. The summed E-state index contributed by atoms with van der Waals surface area (Å²) < 4.78 is 5.90. The molecule has 2 N–H and O–H groups in total. The number of nitrogens with zero attached hydrogens (tertiary/aromatic N) is 3. The zero-order chi connectivity index (χ0) is 19.7. The third-order valence-corrected chi connectivity index (χ3v) is 5.13. The highest BCUT2D eigenvalue weighted by Gasteiger charge is 2.29. The lowest BCUT2D eigenvalue weighted by Crippen LogP contribution is -2.37. The number of nitrogen functional groups attached to an aromatic ring is 1. The van der Waals surface area contributed by atoms with E-state index in [9.17, 15) is 4.79 Å². The number of aldehydes is 1. The second-order valence-electron chi connectivity index (χ2n) is 6.35. The summed E-state index contributed by atoms with van der Waals surface area (Å²) in [7, 11) is 0. The number of halogens is 2. The molecule has 2 aromatic carbocycles. The molecule has 0 saturated carbocycles. The van der Waals surface area contributed by atoms with Gasteiger partial charge in [-0.3, -0.25) is 0 Å². The molecule has 3 aromatic rings. The average Bonchev–Trinajstić information content (AvgIpc) is 2.70. The molecule has 4 rings (SSSR count). The maximum absolute atomic E-state index is 11.8. The van der Waals surface area contributed by atoms with Crippen molar-refractivity contribution in [2.75, 3.05) is 17.2 Å². The SMILES string of the molecule is Nc1cc(Cl)c(Oc2ccc3c(c2)CCN(c2ncccn2)C3C=O)c(Cl)c1. The largest absolute Gasteiger partial charge is 0.454 e. The van der Waals surface area contributed by atoms with Gasteiger partial charge in [-0.05, 0) is 47.9 Å². The molecule has 6 nitrogen and oxygen atoms in total. The van der Waals surface area contributed by atoms with Gasteiger partial charge in [-0.2, -0.15) is 0 Å². The molecule has 0 saturated heterocycles. The highest BCUT2D eigenvalue weighted by molar-refractivity contribution is 6.37. The third-order valence-electron chi connectivity index (χ3n) is 4.57. The van der Waals surface area contributed by atoms with E-state index in [4.69, 9.17) is 33.7 Å². The van der Waals surface area contributed by atoms with Crippen LogP contribution >= 0.6 is 23.2 Å². The maximum Gasteiger partial charge on any atom is 0.226 e.